The van der Waals surface area contributed by atoms with Gasteiger partial charge in [-0.25, -0.2) is 4.99 Å². The molecule has 0 fully saturated rings. The fraction of sp³-hybridized carbons (Fsp3) is 0.111. The van der Waals surface area contributed by atoms with E-state index >= 15 is 0 Å². The van der Waals surface area contributed by atoms with E-state index < -0.39 is 23.6 Å². The van der Waals surface area contributed by atoms with Gasteiger partial charge in [0.2, 0.25) is 5.91 Å². The van der Waals surface area contributed by atoms with E-state index in [0.29, 0.717) is 12.1 Å². The van der Waals surface area contributed by atoms with Crippen molar-refractivity contribution < 1.29 is 18.0 Å². The van der Waals surface area contributed by atoms with Crippen molar-refractivity contribution in [3.05, 3.63) is 29.3 Å². The highest BCUT2D eigenvalue weighted by Gasteiger charge is 2.31. The predicted octanol–water partition coefficient (Wildman–Crippen LogP) is 0.709. The Bertz CT molecular complexity index is 478. The minimum atomic E-state index is -4.61. The van der Waals surface area contributed by atoms with Crippen molar-refractivity contribution >= 4 is 17.6 Å². The first-order valence-corrected chi connectivity index (χ1v) is 4.32. The van der Waals surface area contributed by atoms with Gasteiger partial charge in [0, 0.05) is 5.56 Å². The minimum Gasteiger partial charge on any atom is -0.370 e. The standard InChI is InChI=1S/C9H9F3N4O/c10-9(11,12)5-1-4(7(13)17)2-6(3-5)16-8(14)15/h1-3H,(H2,13,17)(H4,14,15,16). The third-order valence-electron chi connectivity index (χ3n) is 1.79. The van der Waals surface area contributed by atoms with E-state index in [1.54, 1.807) is 0 Å². The summed E-state index contributed by atoms with van der Waals surface area (Å²) in [7, 11) is 0. The number of carbonyl (C=O) groups excluding carboxylic acids is 1. The van der Waals surface area contributed by atoms with Crippen LogP contribution in [0.4, 0.5) is 18.9 Å². The first-order valence-electron chi connectivity index (χ1n) is 4.32. The number of primary amides is 1. The number of guanidine groups is 1. The second-order valence-corrected chi connectivity index (χ2v) is 3.17. The van der Waals surface area contributed by atoms with Crippen molar-refractivity contribution in [2.45, 2.75) is 6.18 Å². The molecule has 92 valence electrons. The Morgan fingerprint density at radius 3 is 2.12 bits per heavy atom. The van der Waals surface area contributed by atoms with Crippen molar-refractivity contribution in [2.75, 3.05) is 0 Å². The minimum absolute atomic E-state index is 0.186. The molecule has 1 aromatic rings. The van der Waals surface area contributed by atoms with Gasteiger partial charge in [-0.05, 0) is 18.2 Å². The number of carbonyl (C=O) groups is 1. The highest BCUT2D eigenvalue weighted by Crippen LogP contribution is 2.32. The first kappa shape index (κ1) is 12.8. The Labute approximate surface area is 94.1 Å². The average Bonchev–Trinajstić information content (AvgIpc) is 2.14. The summed E-state index contributed by atoms with van der Waals surface area (Å²) in [5.41, 5.74) is 13.4. The lowest BCUT2D eigenvalue weighted by atomic mass is 10.1. The summed E-state index contributed by atoms with van der Waals surface area (Å²) in [6, 6.07) is 2.41. The van der Waals surface area contributed by atoms with Gasteiger partial charge in [-0.3, -0.25) is 4.79 Å². The zero-order chi connectivity index (χ0) is 13.2. The van der Waals surface area contributed by atoms with Crippen LogP contribution in [0, 0.1) is 0 Å². The second kappa shape index (κ2) is 4.32. The fourth-order valence-corrected chi connectivity index (χ4v) is 1.13. The van der Waals surface area contributed by atoms with Crippen LogP contribution in [-0.2, 0) is 6.18 Å². The van der Waals surface area contributed by atoms with Gasteiger partial charge in [0.25, 0.3) is 0 Å². The molecule has 0 unspecified atom stereocenters. The molecule has 0 bridgehead atoms. The molecule has 0 heterocycles. The Kier molecular flexibility index (Phi) is 3.26. The van der Waals surface area contributed by atoms with Gasteiger partial charge in [-0.1, -0.05) is 0 Å². The number of rotatable bonds is 2. The Hall–Kier alpha value is -2.25. The molecule has 8 heteroatoms. The summed E-state index contributed by atoms with van der Waals surface area (Å²) in [5, 5.41) is 0. The summed E-state index contributed by atoms with van der Waals surface area (Å²) < 4.78 is 37.5. The lowest BCUT2D eigenvalue weighted by Crippen LogP contribution is -2.22. The molecule has 1 rings (SSSR count). The number of nitrogens with zero attached hydrogens (tertiary/aromatic N) is 1. The molecule has 1 aromatic carbocycles. The third-order valence-corrected chi connectivity index (χ3v) is 1.79. The molecule has 5 nitrogen and oxygen atoms in total. The Balaban J connectivity index is 3.39. The van der Waals surface area contributed by atoms with Gasteiger partial charge in [-0.2, -0.15) is 13.2 Å². The molecule has 0 saturated carbocycles. The van der Waals surface area contributed by atoms with Crippen molar-refractivity contribution in [1.29, 1.82) is 0 Å². The molecule has 1 amide bonds. The van der Waals surface area contributed by atoms with Crippen LogP contribution < -0.4 is 17.2 Å². The normalized spacial score (nSPS) is 11.0. The van der Waals surface area contributed by atoms with Crippen LogP contribution in [0.3, 0.4) is 0 Å². The smallest absolute Gasteiger partial charge is 0.370 e. The van der Waals surface area contributed by atoms with Crippen LogP contribution in [0.25, 0.3) is 0 Å². The second-order valence-electron chi connectivity index (χ2n) is 3.17. The molecule has 0 saturated heterocycles. The summed E-state index contributed by atoms with van der Waals surface area (Å²) in [5.74, 6) is -1.41. The van der Waals surface area contributed by atoms with Gasteiger partial charge >= 0.3 is 6.18 Å². The summed E-state index contributed by atoms with van der Waals surface area (Å²) in [6.07, 6.45) is -4.61. The van der Waals surface area contributed by atoms with E-state index in [9.17, 15) is 18.0 Å². The fourth-order valence-electron chi connectivity index (χ4n) is 1.13. The molecule has 17 heavy (non-hydrogen) atoms. The number of halogens is 3. The largest absolute Gasteiger partial charge is 0.416 e. The SMILES string of the molecule is NC(=O)c1cc(N=C(N)N)cc(C(F)(F)F)c1. The average molecular weight is 246 g/mol. The maximum atomic E-state index is 12.5. The lowest BCUT2D eigenvalue weighted by molar-refractivity contribution is -0.137. The van der Waals surface area contributed by atoms with Crippen LogP contribution in [0.5, 0.6) is 0 Å². The lowest BCUT2D eigenvalue weighted by Gasteiger charge is -2.09. The number of nitrogens with two attached hydrogens (primary N) is 3. The van der Waals surface area contributed by atoms with E-state index in [2.05, 4.69) is 4.99 Å². The van der Waals surface area contributed by atoms with Crippen LogP contribution in [-0.4, -0.2) is 11.9 Å². The Morgan fingerprint density at radius 1 is 1.12 bits per heavy atom. The molecule has 6 N–H and O–H groups in total. The first-order chi connectivity index (χ1) is 7.70. The maximum Gasteiger partial charge on any atom is 0.416 e. The van der Waals surface area contributed by atoms with Crippen LogP contribution >= 0.6 is 0 Å². The number of hydrogen-bond donors (Lipinski definition) is 3. The summed E-state index contributed by atoms with van der Waals surface area (Å²) in [6.45, 7) is 0. The van der Waals surface area contributed by atoms with Gasteiger partial charge in [-0.15, -0.1) is 0 Å². The van der Waals surface area contributed by atoms with Gasteiger partial charge in [0.1, 0.15) is 0 Å². The number of amides is 1. The van der Waals surface area contributed by atoms with Gasteiger partial charge in [0.15, 0.2) is 5.96 Å². The highest BCUT2D eigenvalue weighted by molar-refractivity contribution is 5.94. The molecule has 0 aliphatic heterocycles. The topological polar surface area (TPSA) is 107 Å². The van der Waals surface area contributed by atoms with Gasteiger partial charge in [0.05, 0.1) is 11.3 Å². The third kappa shape index (κ3) is 3.37. The Morgan fingerprint density at radius 2 is 1.71 bits per heavy atom. The highest BCUT2D eigenvalue weighted by atomic mass is 19.4. The monoisotopic (exact) mass is 246 g/mol. The van der Waals surface area contributed by atoms with E-state index in [1.807, 2.05) is 0 Å². The van der Waals surface area contributed by atoms with Crippen molar-refractivity contribution in [1.82, 2.24) is 0 Å². The van der Waals surface area contributed by atoms with Gasteiger partial charge < -0.3 is 17.2 Å². The molecular weight excluding hydrogens is 237 g/mol. The molecule has 0 aromatic heterocycles. The van der Waals surface area contributed by atoms with Crippen LogP contribution in [0.15, 0.2) is 23.2 Å². The summed E-state index contributed by atoms with van der Waals surface area (Å²) in [4.78, 5) is 14.3. The summed E-state index contributed by atoms with van der Waals surface area (Å²) >= 11 is 0. The molecule has 0 radical (unpaired) electrons. The van der Waals surface area contributed by atoms with Crippen molar-refractivity contribution in [3.8, 4) is 0 Å². The molecule has 0 aliphatic carbocycles. The van der Waals surface area contributed by atoms with Crippen LogP contribution in [0.2, 0.25) is 0 Å². The quantitative estimate of drug-likeness (QED) is 0.528. The number of hydrogen-bond acceptors (Lipinski definition) is 2. The molecule has 0 atom stereocenters. The molecular formula is C9H9F3N4O. The predicted molar refractivity (Wildman–Crippen MR) is 55.4 cm³/mol. The molecule has 0 spiro atoms. The van der Waals surface area contributed by atoms with Crippen molar-refractivity contribution in [3.63, 3.8) is 0 Å². The van der Waals surface area contributed by atoms with Crippen molar-refractivity contribution in [2.24, 2.45) is 22.2 Å². The van der Waals surface area contributed by atoms with E-state index in [-0.39, 0.29) is 11.3 Å². The zero-order valence-electron chi connectivity index (χ0n) is 8.45. The van der Waals surface area contributed by atoms with E-state index in [0.717, 1.165) is 6.07 Å². The van der Waals surface area contributed by atoms with Crippen LogP contribution in [0.1, 0.15) is 15.9 Å². The molecule has 0 aliphatic rings. The number of benzene rings is 1. The number of alkyl halides is 3. The zero-order valence-corrected chi connectivity index (χ0v) is 8.45. The van der Waals surface area contributed by atoms with E-state index in [1.165, 1.54) is 0 Å². The maximum absolute atomic E-state index is 12.5. The van der Waals surface area contributed by atoms with E-state index in [4.69, 9.17) is 17.2 Å². The number of aliphatic imine (C=N–C) groups is 1.